The van der Waals surface area contributed by atoms with E-state index < -0.39 is 10.4 Å². The van der Waals surface area contributed by atoms with Gasteiger partial charge in [-0.1, -0.05) is 6.92 Å². The van der Waals surface area contributed by atoms with Gasteiger partial charge in [0.15, 0.2) is 0 Å². The van der Waals surface area contributed by atoms with Gasteiger partial charge in [0.25, 0.3) is 0 Å². The Morgan fingerprint density at radius 2 is 1.70 bits per heavy atom. The molecule has 0 heterocycles. The zero-order valence-corrected chi connectivity index (χ0v) is 6.64. The van der Waals surface area contributed by atoms with E-state index >= 15 is 0 Å². The van der Waals surface area contributed by atoms with Crippen molar-refractivity contribution in [3.63, 3.8) is 0 Å². The third-order valence-corrected chi connectivity index (χ3v) is 0.354. The van der Waals surface area contributed by atoms with Crippen LogP contribution in [0.2, 0.25) is 0 Å². The second kappa shape index (κ2) is 6.55. The highest BCUT2D eigenvalue weighted by atomic mass is 32.3. The lowest BCUT2D eigenvalue weighted by atomic mass is 10.5. The molecule has 5 heteroatoms. The molecular formula is C5H10O4S. The van der Waals surface area contributed by atoms with Gasteiger partial charge in [-0.05, 0) is 6.92 Å². The molecule has 0 rings (SSSR count). The van der Waals surface area contributed by atoms with Crippen LogP contribution in [0.1, 0.15) is 20.3 Å². The van der Waals surface area contributed by atoms with Crippen LogP contribution in [0.3, 0.4) is 0 Å². The van der Waals surface area contributed by atoms with Gasteiger partial charge in [0, 0.05) is 6.42 Å². The molecule has 0 saturated carbocycles. The molecule has 0 fully saturated rings. The molecule has 0 spiro atoms. The van der Waals surface area contributed by atoms with Gasteiger partial charge in [-0.25, -0.2) is 0 Å². The molecule has 0 aromatic rings. The van der Waals surface area contributed by atoms with Crippen LogP contribution in [-0.2, 0) is 10.4 Å². The Hall–Kier alpha value is -0.570. The quantitative estimate of drug-likeness (QED) is 0.411. The van der Waals surface area contributed by atoms with Gasteiger partial charge in [0.05, 0.1) is 0 Å². The first-order valence-corrected chi connectivity index (χ1v) is 3.91. The summed E-state index contributed by atoms with van der Waals surface area (Å²) in [4.78, 5) is 0. The Kier molecular flexibility index (Phi) is 7.95. The maximum Gasteiger partial charge on any atom is 0.394 e. The van der Waals surface area contributed by atoms with Crippen LogP contribution in [0, 0.1) is 11.8 Å². The van der Waals surface area contributed by atoms with E-state index in [1.807, 2.05) is 13.8 Å². The Morgan fingerprint density at radius 1 is 1.40 bits per heavy atom. The minimum Gasteiger partial charge on any atom is -0.264 e. The molecular weight excluding hydrogens is 156 g/mol. The first-order chi connectivity index (χ1) is 4.41. The summed E-state index contributed by atoms with van der Waals surface area (Å²) in [5.41, 5.74) is 0. The molecule has 0 aromatic heterocycles. The van der Waals surface area contributed by atoms with Crippen molar-refractivity contribution in [2.75, 3.05) is 0 Å². The van der Waals surface area contributed by atoms with Crippen LogP contribution < -0.4 is 0 Å². The molecule has 60 valence electrons. The molecule has 0 aliphatic carbocycles. The van der Waals surface area contributed by atoms with Crippen LogP contribution in [0.15, 0.2) is 0 Å². The van der Waals surface area contributed by atoms with Gasteiger partial charge < -0.3 is 0 Å². The summed E-state index contributed by atoms with van der Waals surface area (Å²) in [5.74, 6) is 5.63. The second-order valence-electron chi connectivity index (χ2n) is 1.23. The van der Waals surface area contributed by atoms with E-state index in [0.29, 0.717) is 0 Å². The lowest BCUT2D eigenvalue weighted by molar-refractivity contribution is 0.381. The molecule has 0 aliphatic heterocycles. The molecule has 2 N–H and O–H groups in total. The zero-order chi connectivity index (χ0) is 8.62. The van der Waals surface area contributed by atoms with Crippen LogP contribution in [0.25, 0.3) is 0 Å². The van der Waals surface area contributed by atoms with E-state index in [2.05, 4.69) is 11.8 Å². The summed E-state index contributed by atoms with van der Waals surface area (Å²) in [6, 6.07) is 0. The fraction of sp³-hybridized carbons (Fsp3) is 0.600. The summed E-state index contributed by atoms with van der Waals surface area (Å²) in [6.45, 7) is 3.89. The predicted octanol–water partition coefficient (Wildman–Crippen LogP) is 0.767. The normalized spacial score (nSPS) is 8.40. The Balaban J connectivity index is 0. The van der Waals surface area contributed by atoms with Crippen LogP contribution in [0.5, 0.6) is 0 Å². The van der Waals surface area contributed by atoms with Gasteiger partial charge in [-0.2, -0.15) is 8.42 Å². The summed E-state index contributed by atoms with van der Waals surface area (Å²) in [5, 5.41) is 0. The van der Waals surface area contributed by atoms with E-state index in [-0.39, 0.29) is 0 Å². The molecule has 0 amide bonds. The van der Waals surface area contributed by atoms with E-state index in [9.17, 15) is 0 Å². The first kappa shape index (κ1) is 12.1. The van der Waals surface area contributed by atoms with E-state index in [4.69, 9.17) is 17.5 Å². The molecule has 4 nitrogen and oxygen atoms in total. The molecule has 10 heavy (non-hydrogen) atoms. The molecule has 0 atom stereocenters. The smallest absolute Gasteiger partial charge is 0.264 e. The molecule has 0 radical (unpaired) electrons. The van der Waals surface area contributed by atoms with Crippen molar-refractivity contribution in [1.82, 2.24) is 0 Å². The van der Waals surface area contributed by atoms with Gasteiger partial charge in [0.1, 0.15) is 0 Å². The monoisotopic (exact) mass is 166 g/mol. The standard InChI is InChI=1S/C5H8.H2O4S/c1-3-5-4-2;1-5(2,3)4/h3H2,1-2H3;(H2,1,2,3,4). The fourth-order valence-corrected chi connectivity index (χ4v) is 0.177. The topological polar surface area (TPSA) is 74.6 Å². The Labute approximate surface area is 60.8 Å². The van der Waals surface area contributed by atoms with Crippen molar-refractivity contribution in [3.05, 3.63) is 0 Å². The predicted molar refractivity (Wildman–Crippen MR) is 37.9 cm³/mol. The Morgan fingerprint density at radius 3 is 1.70 bits per heavy atom. The zero-order valence-electron chi connectivity index (χ0n) is 5.83. The van der Waals surface area contributed by atoms with Crippen LogP contribution >= 0.6 is 0 Å². The second-order valence-corrected chi connectivity index (χ2v) is 2.12. The van der Waals surface area contributed by atoms with E-state index in [0.717, 1.165) is 6.42 Å². The van der Waals surface area contributed by atoms with Crippen molar-refractivity contribution >= 4 is 10.4 Å². The van der Waals surface area contributed by atoms with Crippen molar-refractivity contribution in [2.45, 2.75) is 20.3 Å². The number of hydrogen-bond acceptors (Lipinski definition) is 2. The molecule has 0 aliphatic rings. The van der Waals surface area contributed by atoms with Crippen LogP contribution in [-0.4, -0.2) is 17.5 Å². The highest BCUT2D eigenvalue weighted by Crippen LogP contribution is 1.62. The van der Waals surface area contributed by atoms with Gasteiger partial charge in [0.2, 0.25) is 0 Å². The van der Waals surface area contributed by atoms with Crippen molar-refractivity contribution < 1.29 is 17.5 Å². The lowest BCUT2D eigenvalue weighted by Crippen LogP contribution is -1.89. The lowest BCUT2D eigenvalue weighted by Gasteiger charge is -1.68. The summed E-state index contributed by atoms with van der Waals surface area (Å²) in [7, 11) is -4.67. The van der Waals surface area contributed by atoms with Gasteiger partial charge >= 0.3 is 10.4 Å². The third kappa shape index (κ3) is 150. The van der Waals surface area contributed by atoms with E-state index in [1.54, 1.807) is 0 Å². The van der Waals surface area contributed by atoms with Gasteiger partial charge in [-0.3, -0.25) is 9.11 Å². The molecule has 0 saturated heterocycles. The van der Waals surface area contributed by atoms with Crippen LogP contribution in [0.4, 0.5) is 0 Å². The fourth-order valence-electron chi connectivity index (χ4n) is 0.177. The maximum atomic E-state index is 8.74. The highest BCUT2D eigenvalue weighted by molar-refractivity contribution is 7.79. The molecule has 0 unspecified atom stereocenters. The first-order valence-electron chi connectivity index (χ1n) is 2.51. The molecule has 0 bridgehead atoms. The van der Waals surface area contributed by atoms with Gasteiger partial charge in [-0.15, -0.1) is 11.8 Å². The SMILES string of the molecule is CC#CCC.O=S(=O)(O)O. The van der Waals surface area contributed by atoms with Crippen molar-refractivity contribution in [2.24, 2.45) is 0 Å². The average molecular weight is 166 g/mol. The summed E-state index contributed by atoms with van der Waals surface area (Å²) in [6.07, 6.45) is 0.983. The minimum atomic E-state index is -4.67. The summed E-state index contributed by atoms with van der Waals surface area (Å²) >= 11 is 0. The summed E-state index contributed by atoms with van der Waals surface area (Å²) < 4.78 is 31.6. The van der Waals surface area contributed by atoms with Crippen molar-refractivity contribution in [3.8, 4) is 11.8 Å². The Bertz CT molecular complexity index is 198. The minimum absolute atomic E-state index is 0.983. The van der Waals surface area contributed by atoms with Crippen molar-refractivity contribution in [1.29, 1.82) is 0 Å². The number of hydrogen-bond donors (Lipinski definition) is 2. The largest absolute Gasteiger partial charge is 0.394 e. The highest BCUT2D eigenvalue weighted by Gasteiger charge is 1.84. The third-order valence-electron chi connectivity index (χ3n) is 0.354. The maximum absolute atomic E-state index is 8.74. The average Bonchev–Trinajstić information content (AvgIpc) is 1.63. The molecule has 0 aromatic carbocycles. The van der Waals surface area contributed by atoms with E-state index in [1.165, 1.54) is 0 Å². The number of rotatable bonds is 0.